The van der Waals surface area contributed by atoms with Gasteiger partial charge in [-0.2, -0.15) is 0 Å². The molecule has 0 amide bonds. The maximum atomic E-state index is 10.2. The van der Waals surface area contributed by atoms with Crippen LogP contribution in [0.3, 0.4) is 0 Å². The predicted octanol–water partition coefficient (Wildman–Crippen LogP) is 2.37. The van der Waals surface area contributed by atoms with Gasteiger partial charge >= 0.3 is 0 Å². The van der Waals surface area contributed by atoms with Crippen molar-refractivity contribution in [2.24, 2.45) is 0 Å². The van der Waals surface area contributed by atoms with Gasteiger partial charge in [-0.3, -0.25) is 4.90 Å². The minimum atomic E-state index is -0.541. The van der Waals surface area contributed by atoms with Gasteiger partial charge in [0.25, 0.3) is 0 Å². The molecule has 110 valence electrons. The van der Waals surface area contributed by atoms with Crippen LogP contribution in [0.15, 0.2) is 43.5 Å². The SMILES string of the molecule is C=CCN(CC=C)CCC(O)c1ccc(OC)c(N)c1. The first-order valence-electron chi connectivity index (χ1n) is 6.68. The maximum Gasteiger partial charge on any atom is 0.141 e. The van der Waals surface area contributed by atoms with E-state index in [0.29, 0.717) is 17.9 Å². The first-order valence-corrected chi connectivity index (χ1v) is 6.68. The largest absolute Gasteiger partial charge is 0.495 e. The predicted molar refractivity (Wildman–Crippen MR) is 83.8 cm³/mol. The van der Waals surface area contributed by atoms with Gasteiger partial charge in [0.05, 0.1) is 18.9 Å². The molecule has 0 aliphatic carbocycles. The lowest BCUT2D eigenvalue weighted by Gasteiger charge is -2.21. The quantitative estimate of drug-likeness (QED) is 0.537. The minimum Gasteiger partial charge on any atom is -0.495 e. The van der Waals surface area contributed by atoms with E-state index in [-0.39, 0.29) is 0 Å². The molecule has 0 saturated heterocycles. The van der Waals surface area contributed by atoms with Crippen LogP contribution >= 0.6 is 0 Å². The summed E-state index contributed by atoms with van der Waals surface area (Å²) in [7, 11) is 1.57. The Labute approximate surface area is 121 Å². The average molecular weight is 276 g/mol. The standard InChI is InChI=1S/C16H24N2O2/c1-4-9-18(10-5-2)11-8-15(19)13-6-7-16(20-3)14(17)12-13/h4-7,12,15,19H,1-2,8-11,17H2,3H3. The Morgan fingerprint density at radius 3 is 2.50 bits per heavy atom. The Hall–Kier alpha value is -1.78. The van der Waals surface area contributed by atoms with Gasteiger partial charge in [0.2, 0.25) is 0 Å². The number of anilines is 1. The van der Waals surface area contributed by atoms with E-state index in [9.17, 15) is 5.11 Å². The molecule has 0 aliphatic rings. The molecule has 1 aromatic rings. The monoisotopic (exact) mass is 276 g/mol. The highest BCUT2D eigenvalue weighted by atomic mass is 16.5. The molecular formula is C16H24N2O2. The fourth-order valence-electron chi connectivity index (χ4n) is 2.05. The summed E-state index contributed by atoms with van der Waals surface area (Å²) in [6.45, 7) is 9.79. The topological polar surface area (TPSA) is 58.7 Å². The molecule has 0 spiro atoms. The second-order valence-corrected chi connectivity index (χ2v) is 4.64. The van der Waals surface area contributed by atoms with E-state index in [4.69, 9.17) is 10.5 Å². The lowest BCUT2D eigenvalue weighted by atomic mass is 10.1. The number of ether oxygens (including phenoxy) is 1. The van der Waals surface area contributed by atoms with Crippen molar-refractivity contribution in [2.45, 2.75) is 12.5 Å². The van der Waals surface area contributed by atoms with Crippen molar-refractivity contribution in [2.75, 3.05) is 32.5 Å². The fraction of sp³-hybridized carbons (Fsp3) is 0.375. The third-order valence-corrected chi connectivity index (χ3v) is 3.13. The van der Waals surface area contributed by atoms with E-state index in [1.807, 2.05) is 18.2 Å². The van der Waals surface area contributed by atoms with Crippen molar-refractivity contribution in [3.63, 3.8) is 0 Å². The normalized spacial score (nSPS) is 12.2. The van der Waals surface area contributed by atoms with Crippen molar-refractivity contribution >= 4 is 5.69 Å². The van der Waals surface area contributed by atoms with Crippen molar-refractivity contribution in [3.05, 3.63) is 49.1 Å². The zero-order valence-corrected chi connectivity index (χ0v) is 12.1. The average Bonchev–Trinajstić information content (AvgIpc) is 2.44. The molecule has 0 radical (unpaired) electrons. The first-order chi connectivity index (χ1) is 9.62. The van der Waals surface area contributed by atoms with E-state index in [0.717, 1.165) is 25.2 Å². The summed E-state index contributed by atoms with van der Waals surface area (Å²) in [5.74, 6) is 0.626. The first kappa shape index (κ1) is 16.3. The Bertz CT molecular complexity index is 436. The van der Waals surface area contributed by atoms with Gasteiger partial charge in [0.15, 0.2) is 0 Å². The van der Waals surface area contributed by atoms with E-state index in [1.165, 1.54) is 0 Å². The molecule has 20 heavy (non-hydrogen) atoms. The molecule has 0 bridgehead atoms. The Kier molecular flexibility index (Phi) is 6.84. The van der Waals surface area contributed by atoms with Crippen molar-refractivity contribution < 1.29 is 9.84 Å². The van der Waals surface area contributed by atoms with Crippen LogP contribution in [0.4, 0.5) is 5.69 Å². The van der Waals surface area contributed by atoms with Gasteiger partial charge < -0.3 is 15.6 Å². The second-order valence-electron chi connectivity index (χ2n) is 4.64. The van der Waals surface area contributed by atoms with Crippen LogP contribution < -0.4 is 10.5 Å². The van der Waals surface area contributed by atoms with Crippen molar-refractivity contribution in [3.8, 4) is 5.75 Å². The Balaban J connectivity index is 2.61. The molecule has 0 aromatic heterocycles. The number of aliphatic hydroxyl groups is 1. The number of nitrogen functional groups attached to an aromatic ring is 1. The lowest BCUT2D eigenvalue weighted by Crippen LogP contribution is -2.26. The fourth-order valence-corrected chi connectivity index (χ4v) is 2.05. The van der Waals surface area contributed by atoms with Crippen LogP contribution in [0.1, 0.15) is 18.1 Å². The summed E-state index contributed by atoms with van der Waals surface area (Å²) in [6, 6.07) is 5.37. The number of hydrogen-bond acceptors (Lipinski definition) is 4. The van der Waals surface area contributed by atoms with Crippen LogP contribution in [0, 0.1) is 0 Å². The Morgan fingerprint density at radius 2 is 2.00 bits per heavy atom. The molecule has 3 N–H and O–H groups in total. The molecule has 4 heteroatoms. The summed E-state index contributed by atoms with van der Waals surface area (Å²) in [6.07, 6.45) is 3.79. The maximum absolute atomic E-state index is 10.2. The molecular weight excluding hydrogens is 252 g/mol. The number of methoxy groups -OCH3 is 1. The molecule has 1 atom stereocenters. The van der Waals surface area contributed by atoms with Crippen LogP contribution in [0.2, 0.25) is 0 Å². The zero-order valence-electron chi connectivity index (χ0n) is 12.1. The number of benzene rings is 1. The Morgan fingerprint density at radius 1 is 1.35 bits per heavy atom. The highest BCUT2D eigenvalue weighted by molar-refractivity contribution is 5.54. The van der Waals surface area contributed by atoms with Gasteiger partial charge in [-0.25, -0.2) is 0 Å². The molecule has 0 saturated carbocycles. The van der Waals surface area contributed by atoms with Crippen LogP contribution in [0.25, 0.3) is 0 Å². The number of hydrogen-bond donors (Lipinski definition) is 2. The third kappa shape index (κ3) is 4.72. The number of nitrogens with zero attached hydrogens (tertiary/aromatic N) is 1. The molecule has 0 aliphatic heterocycles. The van der Waals surface area contributed by atoms with Gasteiger partial charge in [-0.1, -0.05) is 18.2 Å². The molecule has 0 heterocycles. The van der Waals surface area contributed by atoms with Gasteiger partial charge in [0.1, 0.15) is 5.75 Å². The van der Waals surface area contributed by atoms with Gasteiger partial charge in [0, 0.05) is 19.6 Å². The number of rotatable bonds is 9. The molecule has 1 aromatic carbocycles. The van der Waals surface area contributed by atoms with E-state index >= 15 is 0 Å². The van der Waals surface area contributed by atoms with E-state index < -0.39 is 6.10 Å². The van der Waals surface area contributed by atoms with E-state index in [2.05, 4.69) is 18.1 Å². The van der Waals surface area contributed by atoms with Gasteiger partial charge in [-0.05, 0) is 24.1 Å². The molecule has 1 unspecified atom stereocenters. The van der Waals surface area contributed by atoms with Gasteiger partial charge in [-0.15, -0.1) is 13.2 Å². The highest BCUT2D eigenvalue weighted by Gasteiger charge is 2.11. The molecule has 4 nitrogen and oxygen atoms in total. The lowest BCUT2D eigenvalue weighted by molar-refractivity contribution is 0.148. The molecule has 0 fully saturated rings. The summed E-state index contributed by atoms with van der Waals surface area (Å²) >= 11 is 0. The summed E-state index contributed by atoms with van der Waals surface area (Å²) in [5, 5.41) is 10.2. The zero-order chi connectivity index (χ0) is 15.0. The molecule has 1 rings (SSSR count). The van der Waals surface area contributed by atoms with Crippen molar-refractivity contribution in [1.82, 2.24) is 4.90 Å². The second kappa shape index (κ2) is 8.40. The smallest absolute Gasteiger partial charge is 0.141 e. The van der Waals surface area contributed by atoms with Crippen LogP contribution in [0.5, 0.6) is 5.75 Å². The summed E-state index contributed by atoms with van der Waals surface area (Å²) < 4.78 is 5.10. The summed E-state index contributed by atoms with van der Waals surface area (Å²) in [5.41, 5.74) is 7.19. The van der Waals surface area contributed by atoms with Crippen molar-refractivity contribution in [1.29, 1.82) is 0 Å². The number of aliphatic hydroxyl groups excluding tert-OH is 1. The number of nitrogens with two attached hydrogens (primary N) is 1. The summed E-state index contributed by atoms with van der Waals surface area (Å²) in [4.78, 5) is 2.16. The minimum absolute atomic E-state index is 0.540. The third-order valence-electron chi connectivity index (χ3n) is 3.13. The van der Waals surface area contributed by atoms with E-state index in [1.54, 1.807) is 19.2 Å². The van der Waals surface area contributed by atoms with Crippen LogP contribution in [-0.2, 0) is 0 Å². The highest BCUT2D eigenvalue weighted by Crippen LogP contribution is 2.26. The van der Waals surface area contributed by atoms with Crippen LogP contribution in [-0.4, -0.2) is 36.8 Å².